The Hall–Kier alpha value is -4.99. The Kier molecular flexibility index (Phi) is 11.7. The molecule has 0 unspecified atom stereocenters. The molecule has 11 heteroatoms. The molecule has 2 aliphatic heterocycles. The molecule has 271 valence electrons. The van der Waals surface area contributed by atoms with Crippen LogP contribution in [0.3, 0.4) is 0 Å². The molecule has 52 heavy (non-hydrogen) atoms. The van der Waals surface area contributed by atoms with E-state index in [9.17, 15) is 0 Å². The van der Waals surface area contributed by atoms with E-state index < -0.39 is 0 Å². The van der Waals surface area contributed by atoms with Crippen molar-refractivity contribution in [1.29, 1.82) is 0 Å². The van der Waals surface area contributed by atoms with Crippen LogP contribution in [-0.2, 0) is 27.2 Å². The maximum atomic E-state index is 4.32. The van der Waals surface area contributed by atoms with Gasteiger partial charge in [0.25, 0.3) is 0 Å². The van der Waals surface area contributed by atoms with Crippen molar-refractivity contribution >= 4 is 34.1 Å². The zero-order valence-corrected chi connectivity index (χ0v) is 32.6. The van der Waals surface area contributed by atoms with Crippen molar-refractivity contribution in [3.8, 4) is 11.4 Å². The monoisotopic (exact) mass is 868 g/mol. The van der Waals surface area contributed by atoms with Crippen LogP contribution < -0.4 is 24.3 Å². The summed E-state index contributed by atoms with van der Waals surface area (Å²) in [6.45, 7) is 14.6. The Labute approximate surface area is 321 Å². The number of unbranched alkanes of at least 4 members (excludes halogenated alkanes) is 1. The van der Waals surface area contributed by atoms with Gasteiger partial charge in [0.05, 0.1) is 13.1 Å². The van der Waals surface area contributed by atoms with Gasteiger partial charge >= 0.3 is 0 Å². The van der Waals surface area contributed by atoms with Gasteiger partial charge in [-0.15, -0.1) is 16.6 Å². The van der Waals surface area contributed by atoms with Gasteiger partial charge in [0.15, 0.2) is 0 Å². The van der Waals surface area contributed by atoms with Gasteiger partial charge in [0, 0.05) is 54.1 Å². The van der Waals surface area contributed by atoms with E-state index in [4.69, 9.17) is 0 Å². The molecule has 2 aliphatic rings. The first-order valence-electron chi connectivity index (χ1n) is 17.5. The van der Waals surface area contributed by atoms with E-state index in [1.807, 2.05) is 45.2 Å². The average Bonchev–Trinajstić information content (AvgIpc) is 3.96. The SMILES string of the molecule is CC(C)n1[c-]c(-c2[c-][n+](C(C)C)nn2C)nn1.[Ir].[c-]1ccccc1N1[CH-]N(CCCCN2[CH-]N(c3[c-]cccc3)c3ccccc32)c2ccccc21. The zero-order valence-electron chi connectivity index (χ0n) is 30.2. The molecule has 0 amide bonds. The van der Waals surface area contributed by atoms with Crippen molar-refractivity contribution in [2.75, 3.05) is 32.7 Å². The summed E-state index contributed by atoms with van der Waals surface area (Å²) < 4.78 is 5.22. The number of hydrogen-bond acceptors (Lipinski definition) is 7. The molecule has 1 radical (unpaired) electrons. The van der Waals surface area contributed by atoms with Crippen molar-refractivity contribution in [3.05, 3.63) is 135 Å². The van der Waals surface area contributed by atoms with E-state index in [0.717, 1.165) is 43.0 Å². The van der Waals surface area contributed by atoms with Crippen LogP contribution in [0.5, 0.6) is 0 Å². The Morgan fingerprint density at radius 3 is 1.62 bits per heavy atom. The van der Waals surface area contributed by atoms with Crippen LogP contribution in [0.4, 0.5) is 34.1 Å². The summed E-state index contributed by atoms with van der Waals surface area (Å²) >= 11 is 0. The van der Waals surface area contributed by atoms with Gasteiger partial charge in [-0.25, -0.2) is 15.6 Å². The van der Waals surface area contributed by atoms with Crippen LogP contribution in [-0.4, -0.2) is 38.0 Å². The summed E-state index contributed by atoms with van der Waals surface area (Å²) in [6.07, 6.45) is 8.48. The van der Waals surface area contributed by atoms with Gasteiger partial charge < -0.3 is 24.3 Å². The Morgan fingerprint density at radius 1 is 0.692 bits per heavy atom. The number of aromatic nitrogens is 6. The Bertz CT molecular complexity index is 1930. The van der Waals surface area contributed by atoms with Gasteiger partial charge in [-0.05, 0) is 77.9 Å². The number of hydrogen-bond donors (Lipinski definition) is 0. The topological polar surface area (TPSA) is 65.4 Å². The Balaban J connectivity index is 0.000000218. The second kappa shape index (κ2) is 16.6. The third kappa shape index (κ3) is 7.91. The van der Waals surface area contributed by atoms with Gasteiger partial charge in [0.1, 0.15) is 0 Å². The minimum Gasteiger partial charge on any atom is -0.501 e. The van der Waals surface area contributed by atoms with Crippen LogP contribution in [0.1, 0.15) is 52.6 Å². The molecule has 0 spiro atoms. The van der Waals surface area contributed by atoms with Gasteiger partial charge in [-0.3, -0.25) is 5.10 Å². The molecule has 6 aromatic rings. The van der Waals surface area contributed by atoms with Crippen molar-refractivity contribution < 1.29 is 24.8 Å². The van der Waals surface area contributed by atoms with Crippen LogP contribution in [0.15, 0.2) is 97.1 Å². The van der Waals surface area contributed by atoms with Gasteiger partial charge in [0.2, 0.25) is 0 Å². The first-order chi connectivity index (χ1) is 24.9. The number of nitrogens with zero attached hydrogens (tertiary/aromatic N) is 10. The standard InChI is InChI=1S/C30H26N4.C11H17N6.Ir/c1-3-13-25(14-4-1)33-23-31(27-17-7-9-19-29(27)33)21-11-12-22-32-24-34(26-15-5-2-6-16-26)30-20-10-8-18-28(30)32;1-8(2)16-6-10(12-13-16)11-7-17(9(3)4)14-15(11)5;/h1-10,13,15,17-20,23-24H,11-12,21-22H2;8-9H,1-5H3;/q-4;-1;. The molecule has 0 saturated heterocycles. The summed E-state index contributed by atoms with van der Waals surface area (Å²) in [5, 5.41) is 12.4. The quantitative estimate of drug-likeness (QED) is 0.0797. The zero-order chi connectivity index (χ0) is 35.3. The molecule has 0 saturated carbocycles. The third-order valence-electron chi connectivity index (χ3n) is 8.80. The normalized spacial score (nSPS) is 13.3. The maximum Gasteiger partial charge on any atom is 0.0961 e. The van der Waals surface area contributed by atoms with E-state index in [0.29, 0.717) is 5.69 Å². The molecule has 2 aromatic heterocycles. The number of aryl methyl sites for hydroxylation is 1. The fourth-order valence-corrected chi connectivity index (χ4v) is 6.13. The van der Waals surface area contributed by atoms with Gasteiger partial charge in [-0.1, -0.05) is 36.2 Å². The van der Waals surface area contributed by atoms with Crippen LogP contribution in [0.2, 0.25) is 0 Å². The van der Waals surface area contributed by atoms with E-state index in [-0.39, 0.29) is 32.2 Å². The molecule has 0 fully saturated rings. The molecular formula is C41H43IrN10-5. The number of anilines is 6. The molecule has 8 rings (SSSR count). The number of benzene rings is 4. The first kappa shape index (κ1) is 36.8. The van der Waals surface area contributed by atoms with Crippen molar-refractivity contribution in [2.45, 2.75) is 52.6 Å². The molecule has 0 aliphatic carbocycles. The molecular weight excluding hydrogens is 825 g/mol. The summed E-state index contributed by atoms with van der Waals surface area (Å²) in [5.74, 6) is 0. The van der Waals surface area contributed by atoms with Crippen molar-refractivity contribution in [1.82, 2.24) is 24.9 Å². The summed E-state index contributed by atoms with van der Waals surface area (Å²) in [6, 6.07) is 40.7. The number of fused-ring (bicyclic) bond motifs is 2. The first-order valence-corrected chi connectivity index (χ1v) is 17.5. The van der Waals surface area contributed by atoms with Crippen molar-refractivity contribution in [3.63, 3.8) is 0 Å². The number of para-hydroxylation sites is 6. The Morgan fingerprint density at radius 2 is 1.19 bits per heavy atom. The smallest absolute Gasteiger partial charge is 0.0961 e. The summed E-state index contributed by atoms with van der Waals surface area (Å²) in [7, 11) is 1.87. The van der Waals surface area contributed by atoms with E-state index in [1.165, 1.54) is 22.7 Å². The third-order valence-corrected chi connectivity index (χ3v) is 8.80. The van der Waals surface area contributed by atoms with E-state index >= 15 is 0 Å². The molecule has 0 bridgehead atoms. The minimum absolute atomic E-state index is 0. The fraction of sp³-hybridized carbons (Fsp3) is 0.268. The van der Waals surface area contributed by atoms with E-state index in [1.54, 1.807) is 14.0 Å². The maximum absolute atomic E-state index is 4.32. The molecule has 0 N–H and O–H groups in total. The summed E-state index contributed by atoms with van der Waals surface area (Å²) in [5.41, 5.74) is 8.53. The van der Waals surface area contributed by atoms with E-state index in [2.05, 4.69) is 160 Å². The van der Waals surface area contributed by atoms with Crippen LogP contribution in [0, 0.1) is 37.9 Å². The second-order valence-corrected chi connectivity index (χ2v) is 13.1. The molecule has 4 heterocycles. The van der Waals surface area contributed by atoms with Gasteiger partial charge in [-0.2, -0.15) is 79.7 Å². The van der Waals surface area contributed by atoms with Crippen LogP contribution in [0.25, 0.3) is 11.4 Å². The van der Waals surface area contributed by atoms with Crippen molar-refractivity contribution in [2.24, 2.45) is 7.05 Å². The molecule has 4 aromatic carbocycles. The summed E-state index contributed by atoms with van der Waals surface area (Å²) in [4.78, 5) is 9.19. The average molecular weight is 868 g/mol. The molecule has 10 nitrogen and oxygen atoms in total. The van der Waals surface area contributed by atoms with Crippen LogP contribution >= 0.6 is 0 Å². The fourth-order valence-electron chi connectivity index (χ4n) is 6.13. The predicted molar refractivity (Wildman–Crippen MR) is 201 cm³/mol. The largest absolute Gasteiger partial charge is 0.501 e. The second-order valence-electron chi connectivity index (χ2n) is 13.1. The predicted octanol–water partition coefficient (Wildman–Crippen LogP) is 7.65. The number of rotatable bonds is 10. The molecule has 0 atom stereocenters. The minimum atomic E-state index is 0.